The van der Waals surface area contributed by atoms with Crippen LogP contribution in [0, 0.1) is 0 Å². The second-order valence-electron chi connectivity index (χ2n) is 5.62. The first-order valence-corrected chi connectivity index (χ1v) is 6.46. The van der Waals surface area contributed by atoms with Gasteiger partial charge in [0.2, 0.25) is 0 Å². The van der Waals surface area contributed by atoms with Crippen LogP contribution in [0.25, 0.3) is 0 Å². The van der Waals surface area contributed by atoms with E-state index < -0.39 is 5.60 Å². The predicted molar refractivity (Wildman–Crippen MR) is 70.7 cm³/mol. The Kier molecular flexibility index (Phi) is 3.31. The monoisotopic (exact) mass is 269 g/mol. The number of hydrogen-bond acceptors (Lipinski definition) is 4. The topological polar surface area (TPSA) is 47.4 Å². The zero-order valence-electron chi connectivity index (χ0n) is 11.2. The molecule has 1 aromatic rings. The molecule has 1 aliphatic heterocycles. The first-order valence-electron chi connectivity index (χ1n) is 6.01. The summed E-state index contributed by atoms with van der Waals surface area (Å²) in [4.78, 5) is 14.7. The third kappa shape index (κ3) is 2.63. The van der Waals surface area contributed by atoms with Crippen molar-refractivity contribution in [3.63, 3.8) is 0 Å². The molecule has 1 aliphatic rings. The number of carbonyl (C=O) groups is 1. The first kappa shape index (κ1) is 13.3. The highest BCUT2D eigenvalue weighted by Gasteiger charge is 2.31. The van der Waals surface area contributed by atoms with E-state index in [0.29, 0.717) is 13.1 Å². The smallest absolute Gasteiger partial charge is 0.410 e. The van der Waals surface area contributed by atoms with Crippen molar-refractivity contribution >= 4 is 18.7 Å². The van der Waals surface area contributed by atoms with E-state index in [1.165, 1.54) is 0 Å². The molecule has 1 amide bonds. The van der Waals surface area contributed by atoms with Gasteiger partial charge in [-0.25, -0.2) is 4.79 Å². The Bertz CT molecular complexity index is 464. The van der Waals surface area contributed by atoms with Gasteiger partial charge in [-0.15, -0.1) is 12.6 Å². The molecule has 1 atom stereocenters. The molecule has 0 saturated heterocycles. The van der Waals surface area contributed by atoms with Gasteiger partial charge in [-0.3, -0.25) is 9.58 Å². The van der Waals surface area contributed by atoms with Crippen molar-refractivity contribution in [2.75, 3.05) is 0 Å². The Hall–Kier alpha value is -1.17. The number of carbonyl (C=O) groups excluding carboxylic acids is 1. The number of rotatable bonds is 0. The van der Waals surface area contributed by atoms with E-state index in [1.807, 2.05) is 32.4 Å². The van der Waals surface area contributed by atoms with Gasteiger partial charge in [0, 0.05) is 4.90 Å². The summed E-state index contributed by atoms with van der Waals surface area (Å²) in [5.74, 6) is 0. The molecular weight excluding hydrogens is 250 g/mol. The van der Waals surface area contributed by atoms with Crippen molar-refractivity contribution in [2.45, 2.75) is 57.3 Å². The molecule has 0 saturated carbocycles. The first-order chi connectivity index (χ1) is 8.28. The standard InChI is InChI=1S/C12H19N3O2S/c1-8-6-15-9(10(18)5-13-15)7-14(8)11(16)17-12(2,3)4/h5,8,18H,6-7H2,1-4H3. The molecule has 18 heavy (non-hydrogen) atoms. The van der Waals surface area contributed by atoms with Gasteiger partial charge in [0.25, 0.3) is 0 Å². The summed E-state index contributed by atoms with van der Waals surface area (Å²) in [7, 11) is 0. The highest BCUT2D eigenvalue weighted by Crippen LogP contribution is 2.24. The average Bonchev–Trinajstić information content (AvgIpc) is 2.56. The lowest BCUT2D eigenvalue weighted by Crippen LogP contribution is -2.47. The van der Waals surface area contributed by atoms with Gasteiger partial charge in [-0.2, -0.15) is 5.10 Å². The molecule has 2 rings (SSSR count). The summed E-state index contributed by atoms with van der Waals surface area (Å²) >= 11 is 4.35. The average molecular weight is 269 g/mol. The van der Waals surface area contributed by atoms with E-state index in [9.17, 15) is 4.79 Å². The van der Waals surface area contributed by atoms with Crippen LogP contribution in [0.4, 0.5) is 4.79 Å². The molecule has 0 N–H and O–H groups in total. The molecule has 2 heterocycles. The lowest BCUT2D eigenvalue weighted by molar-refractivity contribution is 0.00879. The number of fused-ring (bicyclic) bond motifs is 1. The molecule has 0 fully saturated rings. The van der Waals surface area contributed by atoms with Crippen LogP contribution in [0.15, 0.2) is 11.1 Å². The Balaban J connectivity index is 2.16. The second kappa shape index (κ2) is 4.50. The number of ether oxygens (including phenoxy) is 1. The molecule has 6 heteroatoms. The third-order valence-electron chi connectivity index (χ3n) is 2.84. The van der Waals surface area contributed by atoms with E-state index in [0.717, 1.165) is 10.6 Å². The van der Waals surface area contributed by atoms with Gasteiger partial charge in [0.1, 0.15) is 5.60 Å². The van der Waals surface area contributed by atoms with Crippen molar-refractivity contribution < 1.29 is 9.53 Å². The number of hydrogen-bond donors (Lipinski definition) is 1. The SMILES string of the molecule is CC1Cn2ncc(S)c2CN1C(=O)OC(C)(C)C. The number of thiol groups is 1. The van der Waals surface area contributed by atoms with Crippen LogP contribution in [0.3, 0.4) is 0 Å². The zero-order valence-corrected chi connectivity index (χ0v) is 12.1. The van der Waals surface area contributed by atoms with Gasteiger partial charge in [-0.05, 0) is 27.7 Å². The largest absolute Gasteiger partial charge is 0.444 e. The predicted octanol–water partition coefficient (Wildman–Crippen LogP) is 2.31. The molecule has 100 valence electrons. The molecule has 1 unspecified atom stereocenters. The summed E-state index contributed by atoms with van der Waals surface area (Å²) in [6, 6.07) is 0.0694. The van der Waals surface area contributed by atoms with Gasteiger partial charge >= 0.3 is 6.09 Å². The van der Waals surface area contributed by atoms with Crippen LogP contribution >= 0.6 is 12.6 Å². The van der Waals surface area contributed by atoms with E-state index in [-0.39, 0.29) is 12.1 Å². The van der Waals surface area contributed by atoms with Gasteiger partial charge in [-0.1, -0.05) is 0 Å². The number of nitrogens with zero attached hydrogens (tertiary/aromatic N) is 3. The quantitative estimate of drug-likeness (QED) is 0.735. The van der Waals surface area contributed by atoms with Crippen LogP contribution in [-0.2, 0) is 17.8 Å². The minimum Gasteiger partial charge on any atom is -0.444 e. The van der Waals surface area contributed by atoms with Crippen LogP contribution < -0.4 is 0 Å². The maximum Gasteiger partial charge on any atom is 0.410 e. The Labute approximate surface area is 113 Å². The summed E-state index contributed by atoms with van der Waals surface area (Å²) in [5.41, 5.74) is 0.487. The second-order valence-corrected chi connectivity index (χ2v) is 6.10. The van der Waals surface area contributed by atoms with E-state index >= 15 is 0 Å². The fraction of sp³-hybridized carbons (Fsp3) is 0.667. The van der Waals surface area contributed by atoms with Crippen LogP contribution in [0.2, 0.25) is 0 Å². The van der Waals surface area contributed by atoms with Crippen molar-refractivity contribution in [1.29, 1.82) is 0 Å². The molecule has 0 aliphatic carbocycles. The van der Waals surface area contributed by atoms with Crippen molar-refractivity contribution in [3.05, 3.63) is 11.9 Å². The lowest BCUT2D eigenvalue weighted by Gasteiger charge is -2.35. The van der Waals surface area contributed by atoms with Crippen LogP contribution in [0.1, 0.15) is 33.4 Å². The Morgan fingerprint density at radius 3 is 2.83 bits per heavy atom. The molecule has 0 bridgehead atoms. The Morgan fingerprint density at radius 2 is 2.22 bits per heavy atom. The number of aromatic nitrogens is 2. The maximum absolute atomic E-state index is 12.1. The molecule has 0 spiro atoms. The Morgan fingerprint density at radius 1 is 1.56 bits per heavy atom. The van der Waals surface area contributed by atoms with Gasteiger partial charge in [0.15, 0.2) is 0 Å². The molecule has 0 aromatic carbocycles. The van der Waals surface area contributed by atoms with E-state index in [2.05, 4.69) is 17.7 Å². The minimum atomic E-state index is -0.474. The third-order valence-corrected chi connectivity index (χ3v) is 3.22. The summed E-state index contributed by atoms with van der Waals surface area (Å²) < 4.78 is 7.31. The summed E-state index contributed by atoms with van der Waals surface area (Å²) in [6.45, 7) is 8.77. The van der Waals surface area contributed by atoms with Gasteiger partial charge < -0.3 is 4.74 Å². The minimum absolute atomic E-state index is 0.0694. The molecule has 0 radical (unpaired) electrons. The fourth-order valence-corrected chi connectivity index (χ4v) is 2.19. The van der Waals surface area contributed by atoms with Crippen molar-refractivity contribution in [2.24, 2.45) is 0 Å². The van der Waals surface area contributed by atoms with E-state index in [1.54, 1.807) is 11.1 Å². The molecule has 1 aromatic heterocycles. The highest BCUT2D eigenvalue weighted by atomic mass is 32.1. The van der Waals surface area contributed by atoms with E-state index in [4.69, 9.17) is 4.74 Å². The van der Waals surface area contributed by atoms with Crippen molar-refractivity contribution in [3.8, 4) is 0 Å². The normalized spacial score (nSPS) is 19.6. The van der Waals surface area contributed by atoms with Gasteiger partial charge in [0.05, 0.1) is 31.0 Å². The maximum atomic E-state index is 12.1. The molecule has 5 nitrogen and oxygen atoms in total. The van der Waals surface area contributed by atoms with Crippen LogP contribution in [-0.4, -0.2) is 32.4 Å². The summed E-state index contributed by atoms with van der Waals surface area (Å²) in [5, 5.41) is 4.24. The van der Waals surface area contributed by atoms with Crippen LogP contribution in [0.5, 0.6) is 0 Å². The molecular formula is C12H19N3O2S. The zero-order chi connectivity index (χ0) is 13.5. The van der Waals surface area contributed by atoms with Crippen molar-refractivity contribution in [1.82, 2.24) is 14.7 Å². The highest BCUT2D eigenvalue weighted by molar-refractivity contribution is 7.80. The number of amides is 1. The fourth-order valence-electron chi connectivity index (χ4n) is 1.95. The summed E-state index contributed by atoms with van der Waals surface area (Å²) in [6.07, 6.45) is 1.43. The lowest BCUT2D eigenvalue weighted by atomic mass is 10.2.